The first kappa shape index (κ1) is 30.1. The summed E-state index contributed by atoms with van der Waals surface area (Å²) in [5.74, 6) is -8.23. The third-order valence-electron chi connectivity index (χ3n) is 3.81. The Bertz CT molecular complexity index is 1110. The van der Waals surface area contributed by atoms with Crippen molar-refractivity contribution in [2.45, 2.75) is 53.1 Å². The van der Waals surface area contributed by atoms with E-state index in [4.69, 9.17) is 9.84 Å². The number of benzene rings is 2. The molecule has 0 saturated carbocycles. The minimum absolute atomic E-state index is 0.160. The molecular weight excluding hydrogens is 492 g/mol. The summed E-state index contributed by atoms with van der Waals surface area (Å²) < 4.78 is 67.6. The van der Waals surface area contributed by atoms with Gasteiger partial charge in [-0.3, -0.25) is 19.2 Å². The molecule has 0 aliphatic rings. The van der Waals surface area contributed by atoms with Crippen LogP contribution >= 0.6 is 0 Å². The lowest BCUT2D eigenvalue weighted by atomic mass is 10.1. The van der Waals surface area contributed by atoms with Crippen molar-refractivity contribution >= 4 is 23.9 Å². The standard InChI is InChI=1S/C14H16F2O4.C10H8F2O4/c1-8(17)19-12-7-10(15)9(5-11(12)16)6-13(18)20-14(2,3)4;1-5(13)16-9-4-7(11)6(2-8(9)12)3-10(14)15/h5,7H,6H2,1-4H3;2,4H,3H2,1H3,(H,14,15). The van der Waals surface area contributed by atoms with E-state index in [1.54, 1.807) is 20.8 Å². The molecule has 0 unspecified atom stereocenters. The second kappa shape index (κ2) is 12.7. The lowest BCUT2D eigenvalue weighted by Gasteiger charge is -2.19. The van der Waals surface area contributed by atoms with Crippen molar-refractivity contribution in [2.24, 2.45) is 0 Å². The maximum atomic E-state index is 13.7. The Hall–Kier alpha value is -3.96. The number of halogens is 4. The fourth-order valence-corrected chi connectivity index (χ4v) is 2.57. The molecule has 0 aliphatic heterocycles. The summed E-state index contributed by atoms with van der Waals surface area (Å²) in [6.07, 6.45) is -1.04. The average molecular weight is 516 g/mol. The summed E-state index contributed by atoms with van der Waals surface area (Å²) in [4.78, 5) is 43.1. The maximum Gasteiger partial charge on any atom is 0.310 e. The predicted octanol–water partition coefficient (Wildman–Crippen LogP) is 4.29. The number of carbonyl (C=O) groups is 4. The van der Waals surface area contributed by atoms with Gasteiger partial charge in [0, 0.05) is 37.1 Å². The molecule has 0 aromatic heterocycles. The van der Waals surface area contributed by atoms with Gasteiger partial charge in [-0.25, -0.2) is 17.6 Å². The van der Waals surface area contributed by atoms with E-state index in [0.717, 1.165) is 26.0 Å². The number of hydrogen-bond donors (Lipinski definition) is 1. The average Bonchev–Trinajstić information content (AvgIpc) is 2.67. The van der Waals surface area contributed by atoms with Gasteiger partial charge in [0.15, 0.2) is 23.1 Å². The molecular formula is C24H24F4O8. The van der Waals surface area contributed by atoms with Crippen LogP contribution in [0.5, 0.6) is 11.5 Å². The fraction of sp³-hybridized carbons (Fsp3) is 0.333. The Balaban J connectivity index is 0.000000369. The van der Waals surface area contributed by atoms with Gasteiger partial charge in [0.2, 0.25) is 0 Å². The van der Waals surface area contributed by atoms with E-state index >= 15 is 0 Å². The number of carbonyl (C=O) groups excluding carboxylic acids is 3. The zero-order chi connectivity index (χ0) is 27.8. The van der Waals surface area contributed by atoms with Crippen LogP contribution < -0.4 is 9.47 Å². The number of esters is 3. The van der Waals surface area contributed by atoms with Crippen molar-refractivity contribution in [3.63, 3.8) is 0 Å². The quantitative estimate of drug-likeness (QED) is 0.344. The molecule has 0 radical (unpaired) electrons. The van der Waals surface area contributed by atoms with E-state index in [9.17, 15) is 36.7 Å². The van der Waals surface area contributed by atoms with Crippen LogP contribution in [0.2, 0.25) is 0 Å². The summed E-state index contributed by atoms with van der Waals surface area (Å²) in [7, 11) is 0. The molecule has 2 aromatic rings. The molecule has 0 aliphatic carbocycles. The summed E-state index contributed by atoms with van der Waals surface area (Å²) >= 11 is 0. The molecule has 0 atom stereocenters. The van der Waals surface area contributed by atoms with Gasteiger partial charge >= 0.3 is 23.9 Å². The molecule has 36 heavy (non-hydrogen) atoms. The summed E-state index contributed by atoms with van der Waals surface area (Å²) in [5, 5.41) is 8.42. The van der Waals surface area contributed by atoms with Gasteiger partial charge in [-0.15, -0.1) is 0 Å². The molecule has 8 nitrogen and oxygen atoms in total. The van der Waals surface area contributed by atoms with Crippen molar-refractivity contribution in [3.05, 3.63) is 58.7 Å². The van der Waals surface area contributed by atoms with E-state index in [1.165, 1.54) is 0 Å². The number of rotatable bonds is 6. The van der Waals surface area contributed by atoms with Crippen LogP contribution in [-0.4, -0.2) is 34.6 Å². The van der Waals surface area contributed by atoms with Crippen molar-refractivity contribution in [1.29, 1.82) is 0 Å². The van der Waals surface area contributed by atoms with Gasteiger partial charge in [-0.2, -0.15) is 0 Å². The van der Waals surface area contributed by atoms with Crippen LogP contribution in [-0.2, 0) is 36.8 Å². The second-order valence-corrected chi connectivity index (χ2v) is 8.27. The van der Waals surface area contributed by atoms with Gasteiger partial charge in [-0.05, 0) is 32.9 Å². The zero-order valence-electron chi connectivity index (χ0n) is 20.0. The highest BCUT2D eigenvalue weighted by Crippen LogP contribution is 2.24. The SMILES string of the molecule is CC(=O)Oc1cc(F)c(CC(=O)O)cc1F.CC(=O)Oc1cc(F)c(CC(=O)OC(C)(C)C)cc1F. The van der Waals surface area contributed by atoms with E-state index in [1.807, 2.05) is 0 Å². The van der Waals surface area contributed by atoms with E-state index in [0.29, 0.717) is 12.1 Å². The number of ether oxygens (including phenoxy) is 3. The monoisotopic (exact) mass is 516 g/mol. The van der Waals surface area contributed by atoms with Gasteiger partial charge in [0.25, 0.3) is 0 Å². The van der Waals surface area contributed by atoms with Crippen LogP contribution in [0.4, 0.5) is 17.6 Å². The van der Waals surface area contributed by atoms with E-state index < -0.39 is 77.1 Å². The fourth-order valence-electron chi connectivity index (χ4n) is 2.57. The number of aliphatic carboxylic acids is 1. The highest BCUT2D eigenvalue weighted by molar-refractivity contribution is 5.73. The molecule has 0 heterocycles. The highest BCUT2D eigenvalue weighted by Gasteiger charge is 2.20. The molecule has 0 saturated heterocycles. The number of carboxylic acids is 1. The Morgan fingerprint density at radius 3 is 1.44 bits per heavy atom. The van der Waals surface area contributed by atoms with Gasteiger partial charge in [0.05, 0.1) is 12.8 Å². The summed E-state index contributed by atoms with van der Waals surface area (Å²) in [5.41, 5.74) is -1.17. The third kappa shape index (κ3) is 10.5. The lowest BCUT2D eigenvalue weighted by Crippen LogP contribution is -2.25. The van der Waals surface area contributed by atoms with Crippen LogP contribution in [0.3, 0.4) is 0 Å². The molecule has 0 amide bonds. The van der Waals surface area contributed by atoms with E-state index in [2.05, 4.69) is 9.47 Å². The molecule has 0 fully saturated rings. The molecule has 1 N–H and O–H groups in total. The first-order chi connectivity index (χ1) is 16.5. The summed E-state index contributed by atoms with van der Waals surface area (Å²) in [6.45, 7) is 7.14. The predicted molar refractivity (Wildman–Crippen MR) is 116 cm³/mol. The third-order valence-corrected chi connectivity index (χ3v) is 3.81. The minimum atomic E-state index is -1.28. The number of carboxylic acid groups (broad SMARTS) is 1. The Labute approximate surface area is 203 Å². The molecule has 2 rings (SSSR count). The Morgan fingerprint density at radius 1 is 0.722 bits per heavy atom. The normalized spacial score (nSPS) is 10.6. The highest BCUT2D eigenvalue weighted by atomic mass is 19.1. The van der Waals surface area contributed by atoms with Crippen LogP contribution in [0, 0.1) is 23.3 Å². The molecule has 0 spiro atoms. The molecule has 0 bridgehead atoms. The largest absolute Gasteiger partial charge is 0.481 e. The van der Waals surface area contributed by atoms with Crippen LogP contribution in [0.1, 0.15) is 45.7 Å². The van der Waals surface area contributed by atoms with Crippen molar-refractivity contribution < 1.29 is 56.1 Å². The molecule has 12 heteroatoms. The molecule has 2 aromatic carbocycles. The second-order valence-electron chi connectivity index (χ2n) is 8.27. The van der Waals surface area contributed by atoms with Gasteiger partial charge < -0.3 is 19.3 Å². The Morgan fingerprint density at radius 2 is 1.11 bits per heavy atom. The van der Waals surface area contributed by atoms with Gasteiger partial charge in [-0.1, -0.05) is 0 Å². The first-order valence-corrected chi connectivity index (χ1v) is 10.2. The Kier molecular flexibility index (Phi) is 10.6. The topological polar surface area (TPSA) is 116 Å². The number of hydrogen-bond acceptors (Lipinski definition) is 7. The van der Waals surface area contributed by atoms with Crippen LogP contribution in [0.15, 0.2) is 24.3 Å². The van der Waals surface area contributed by atoms with Crippen molar-refractivity contribution in [2.75, 3.05) is 0 Å². The van der Waals surface area contributed by atoms with Gasteiger partial charge in [0.1, 0.15) is 17.2 Å². The molecule has 196 valence electrons. The zero-order valence-corrected chi connectivity index (χ0v) is 20.0. The summed E-state index contributed by atoms with van der Waals surface area (Å²) in [6, 6.07) is 2.89. The maximum absolute atomic E-state index is 13.7. The van der Waals surface area contributed by atoms with Crippen molar-refractivity contribution in [3.8, 4) is 11.5 Å². The van der Waals surface area contributed by atoms with Crippen LogP contribution in [0.25, 0.3) is 0 Å². The lowest BCUT2D eigenvalue weighted by molar-refractivity contribution is -0.154. The van der Waals surface area contributed by atoms with E-state index in [-0.39, 0.29) is 11.1 Å². The first-order valence-electron chi connectivity index (χ1n) is 10.2. The van der Waals surface area contributed by atoms with Crippen molar-refractivity contribution in [1.82, 2.24) is 0 Å². The smallest absolute Gasteiger partial charge is 0.310 e. The minimum Gasteiger partial charge on any atom is -0.481 e.